The van der Waals surface area contributed by atoms with E-state index in [1.807, 2.05) is 0 Å². The number of esters is 1. The van der Waals surface area contributed by atoms with Crippen LogP contribution in [0.5, 0.6) is 0 Å². The SMILES string of the molecule is CCCCCOCCOCCOCCOCCOCCOCCOCCOCCOCCOCCOCCOCCOC(=O)c1ccccc1Nc1cccc(C(F)(F)F)c1. The van der Waals surface area contributed by atoms with E-state index in [2.05, 4.69) is 12.2 Å². The predicted octanol–water partition coefficient (Wildman–Crippen LogP) is 6.00. The Bertz CT molecular complexity index is 1310. The van der Waals surface area contributed by atoms with Crippen molar-refractivity contribution < 1.29 is 79.5 Å². The van der Waals surface area contributed by atoms with E-state index in [1.165, 1.54) is 31.0 Å². The minimum atomic E-state index is -4.48. The molecule has 61 heavy (non-hydrogen) atoms. The number of alkyl halides is 3. The zero-order chi connectivity index (χ0) is 43.7. The normalized spacial score (nSPS) is 11.7. The molecule has 0 fully saturated rings. The molecule has 18 heteroatoms. The lowest BCUT2D eigenvalue weighted by molar-refractivity contribution is -0.137. The highest BCUT2D eigenvalue weighted by Crippen LogP contribution is 2.32. The van der Waals surface area contributed by atoms with Gasteiger partial charge in [-0.2, -0.15) is 13.2 Å². The van der Waals surface area contributed by atoms with Crippen LogP contribution >= 0.6 is 0 Å². The summed E-state index contributed by atoms with van der Waals surface area (Å²) in [5.41, 5.74) is -0.0953. The minimum Gasteiger partial charge on any atom is -0.460 e. The summed E-state index contributed by atoms with van der Waals surface area (Å²) in [6, 6.07) is 11.1. The molecule has 2 aromatic carbocycles. The highest BCUT2D eigenvalue weighted by Gasteiger charge is 2.30. The summed E-state index contributed by atoms with van der Waals surface area (Å²) in [5, 5.41) is 2.86. The first kappa shape index (κ1) is 54.2. The molecule has 0 heterocycles. The number of ether oxygens (including phenoxy) is 13. The summed E-state index contributed by atoms with van der Waals surface area (Å²) in [5.74, 6) is -0.630. The summed E-state index contributed by atoms with van der Waals surface area (Å²) in [6.45, 7) is 13.5. The summed E-state index contributed by atoms with van der Waals surface area (Å²) in [4.78, 5) is 12.6. The van der Waals surface area contributed by atoms with Crippen LogP contribution in [-0.4, -0.2) is 171 Å². The number of nitrogens with one attached hydrogen (secondary N) is 1. The molecule has 0 saturated carbocycles. The molecule has 0 amide bonds. The zero-order valence-corrected chi connectivity index (χ0v) is 35.8. The second kappa shape index (κ2) is 38.7. The Kier molecular flexibility index (Phi) is 34.3. The Balaban J connectivity index is 1.24. The van der Waals surface area contributed by atoms with Crippen molar-refractivity contribution in [2.45, 2.75) is 32.4 Å². The Hall–Kier alpha value is -2.98. The van der Waals surface area contributed by atoms with Gasteiger partial charge in [0.1, 0.15) is 6.61 Å². The highest BCUT2D eigenvalue weighted by molar-refractivity contribution is 5.96. The zero-order valence-electron chi connectivity index (χ0n) is 35.8. The van der Waals surface area contributed by atoms with Crippen LogP contribution in [0.1, 0.15) is 42.1 Å². The van der Waals surface area contributed by atoms with Crippen molar-refractivity contribution in [2.75, 3.05) is 170 Å². The van der Waals surface area contributed by atoms with Gasteiger partial charge in [-0.3, -0.25) is 0 Å². The number of benzene rings is 2. The van der Waals surface area contributed by atoms with Crippen LogP contribution in [0.15, 0.2) is 48.5 Å². The average molecular weight is 880 g/mol. The van der Waals surface area contributed by atoms with Crippen molar-refractivity contribution in [2.24, 2.45) is 0 Å². The third-order valence-electron chi connectivity index (χ3n) is 8.06. The van der Waals surface area contributed by atoms with Gasteiger partial charge in [-0.15, -0.1) is 0 Å². The van der Waals surface area contributed by atoms with Crippen molar-refractivity contribution in [3.63, 3.8) is 0 Å². The largest absolute Gasteiger partial charge is 0.460 e. The number of hydrogen-bond donors (Lipinski definition) is 1. The molecular formula is C43H68F3NO14. The first-order chi connectivity index (χ1) is 29.9. The van der Waals surface area contributed by atoms with Gasteiger partial charge in [0.05, 0.1) is 169 Å². The number of halogens is 3. The molecule has 0 aliphatic carbocycles. The molecule has 0 radical (unpaired) electrons. The number of anilines is 2. The van der Waals surface area contributed by atoms with E-state index in [4.69, 9.17) is 61.6 Å². The maximum atomic E-state index is 13.1. The van der Waals surface area contributed by atoms with Gasteiger partial charge >= 0.3 is 12.1 Å². The molecule has 2 rings (SSSR count). The summed E-state index contributed by atoms with van der Waals surface area (Å²) < 4.78 is 110. The van der Waals surface area contributed by atoms with Crippen molar-refractivity contribution in [1.82, 2.24) is 0 Å². The molecule has 0 bridgehead atoms. The van der Waals surface area contributed by atoms with E-state index in [0.29, 0.717) is 151 Å². The molecule has 0 aliphatic heterocycles. The fourth-order valence-corrected chi connectivity index (χ4v) is 4.95. The molecule has 2 aromatic rings. The summed E-state index contributed by atoms with van der Waals surface area (Å²) in [7, 11) is 0. The van der Waals surface area contributed by atoms with E-state index in [-0.39, 0.29) is 24.5 Å². The highest BCUT2D eigenvalue weighted by atomic mass is 19.4. The number of carbonyl (C=O) groups is 1. The maximum Gasteiger partial charge on any atom is 0.416 e. The average Bonchev–Trinajstić information content (AvgIpc) is 3.25. The second-order valence-electron chi connectivity index (χ2n) is 12.9. The summed E-state index contributed by atoms with van der Waals surface area (Å²) in [6.07, 6.45) is -0.976. The van der Waals surface area contributed by atoms with Crippen LogP contribution in [0.2, 0.25) is 0 Å². The summed E-state index contributed by atoms with van der Waals surface area (Å²) >= 11 is 0. The van der Waals surface area contributed by atoms with E-state index in [0.717, 1.165) is 25.2 Å². The van der Waals surface area contributed by atoms with E-state index >= 15 is 0 Å². The standard InChI is InChI=1S/C43H68F3NO14/c1-2-3-6-12-49-13-14-50-15-16-51-17-18-52-19-20-53-21-22-54-23-24-55-25-26-56-27-28-57-29-30-58-31-32-59-33-34-60-35-36-61-42(48)40-10-4-5-11-41(40)47-39-9-7-8-38(37-39)43(44,45)46/h4-5,7-11,37,47H,2-3,6,12-36H2,1H3. The van der Waals surface area contributed by atoms with Gasteiger partial charge in [-0.05, 0) is 36.8 Å². The molecule has 0 spiro atoms. The lowest BCUT2D eigenvalue weighted by Gasteiger charge is -2.13. The fourth-order valence-electron chi connectivity index (χ4n) is 4.95. The minimum absolute atomic E-state index is 0.00410. The van der Waals surface area contributed by atoms with Crippen LogP contribution in [0, 0.1) is 0 Å². The van der Waals surface area contributed by atoms with Gasteiger partial charge in [-0.25, -0.2) is 4.79 Å². The Labute approximate surface area is 358 Å². The Morgan fingerprint density at radius 1 is 0.459 bits per heavy atom. The Morgan fingerprint density at radius 2 is 0.820 bits per heavy atom. The maximum absolute atomic E-state index is 13.1. The third kappa shape index (κ3) is 31.5. The molecule has 350 valence electrons. The second-order valence-corrected chi connectivity index (χ2v) is 12.9. The van der Waals surface area contributed by atoms with Crippen molar-refractivity contribution in [1.29, 1.82) is 0 Å². The molecule has 0 aromatic heterocycles. The van der Waals surface area contributed by atoms with Gasteiger partial charge < -0.3 is 66.9 Å². The van der Waals surface area contributed by atoms with Gasteiger partial charge in [0, 0.05) is 12.3 Å². The van der Waals surface area contributed by atoms with Gasteiger partial charge in [0.2, 0.25) is 0 Å². The van der Waals surface area contributed by atoms with Crippen LogP contribution in [-0.2, 0) is 67.8 Å². The topological polar surface area (TPSA) is 149 Å². The van der Waals surface area contributed by atoms with Gasteiger partial charge in [-0.1, -0.05) is 38.0 Å². The third-order valence-corrected chi connectivity index (χ3v) is 8.06. The van der Waals surface area contributed by atoms with Crippen molar-refractivity contribution in [3.05, 3.63) is 59.7 Å². The molecule has 0 aliphatic rings. The fraction of sp³-hybridized carbons (Fsp3) is 0.698. The van der Waals surface area contributed by atoms with Gasteiger partial charge in [0.25, 0.3) is 0 Å². The van der Waals surface area contributed by atoms with Crippen LogP contribution < -0.4 is 5.32 Å². The first-order valence-electron chi connectivity index (χ1n) is 21.0. The molecule has 0 unspecified atom stereocenters. The smallest absolute Gasteiger partial charge is 0.416 e. The van der Waals surface area contributed by atoms with Crippen LogP contribution in [0.3, 0.4) is 0 Å². The lowest BCUT2D eigenvalue weighted by Crippen LogP contribution is -2.16. The van der Waals surface area contributed by atoms with E-state index < -0.39 is 17.7 Å². The Morgan fingerprint density at radius 3 is 1.20 bits per heavy atom. The number of para-hydroxylation sites is 1. The molecule has 0 saturated heterocycles. The number of rotatable bonds is 43. The number of carbonyl (C=O) groups excluding carboxylic acids is 1. The quantitative estimate of drug-likeness (QED) is 0.0613. The van der Waals surface area contributed by atoms with Gasteiger partial charge in [0.15, 0.2) is 0 Å². The monoisotopic (exact) mass is 879 g/mol. The van der Waals surface area contributed by atoms with Crippen molar-refractivity contribution >= 4 is 17.3 Å². The molecule has 15 nitrogen and oxygen atoms in total. The van der Waals surface area contributed by atoms with E-state index in [1.54, 1.807) is 18.2 Å². The van der Waals surface area contributed by atoms with Crippen LogP contribution in [0.25, 0.3) is 0 Å². The predicted molar refractivity (Wildman–Crippen MR) is 221 cm³/mol. The van der Waals surface area contributed by atoms with Crippen LogP contribution in [0.4, 0.5) is 24.5 Å². The number of unbranched alkanes of at least 4 members (excludes halogenated alkanes) is 2. The molecular weight excluding hydrogens is 811 g/mol. The van der Waals surface area contributed by atoms with E-state index in [9.17, 15) is 18.0 Å². The number of hydrogen-bond acceptors (Lipinski definition) is 15. The molecule has 1 N–H and O–H groups in total. The molecule has 0 atom stereocenters. The van der Waals surface area contributed by atoms with Crippen molar-refractivity contribution in [3.8, 4) is 0 Å². The first-order valence-corrected chi connectivity index (χ1v) is 21.0. The lowest BCUT2D eigenvalue weighted by atomic mass is 10.1.